The number of nitrogens with zero attached hydrogens (tertiary/aromatic N) is 2. The molecule has 0 spiro atoms. The first-order chi connectivity index (χ1) is 11.9. The largest absolute Gasteiger partial charge is 0.483 e. The number of nitrogens with one attached hydrogen (secondary N) is 1. The van der Waals surface area contributed by atoms with E-state index in [0.717, 1.165) is 26.1 Å². The molecule has 0 aromatic heterocycles. The van der Waals surface area contributed by atoms with Gasteiger partial charge in [-0.05, 0) is 50.6 Å². The summed E-state index contributed by atoms with van der Waals surface area (Å²) in [4.78, 5) is 24.7. The van der Waals surface area contributed by atoms with Gasteiger partial charge >= 0.3 is 6.03 Å². The van der Waals surface area contributed by atoms with Crippen LogP contribution >= 0.6 is 11.6 Å². The lowest BCUT2D eigenvalue weighted by Crippen LogP contribution is -2.42. The van der Waals surface area contributed by atoms with Crippen molar-refractivity contribution in [1.29, 1.82) is 0 Å². The molecule has 0 saturated carbocycles. The SMILES string of the molecule is CCN(CC1CCN(C)C1)C(=O)NCc1ccc(F)cc1Cl.O=CO. The number of hydrogen-bond acceptors (Lipinski definition) is 3. The van der Waals surface area contributed by atoms with E-state index in [1.165, 1.54) is 12.1 Å². The van der Waals surface area contributed by atoms with E-state index in [0.29, 0.717) is 29.6 Å². The van der Waals surface area contributed by atoms with Crippen molar-refractivity contribution in [2.24, 2.45) is 5.92 Å². The Bertz CT molecular complexity index is 574. The van der Waals surface area contributed by atoms with Gasteiger partial charge in [0.25, 0.3) is 6.47 Å². The predicted molar refractivity (Wildman–Crippen MR) is 95.2 cm³/mol. The molecule has 140 valence electrons. The maximum atomic E-state index is 13.0. The lowest BCUT2D eigenvalue weighted by Gasteiger charge is -2.24. The quantitative estimate of drug-likeness (QED) is 0.778. The van der Waals surface area contributed by atoms with E-state index in [1.54, 1.807) is 6.07 Å². The Balaban J connectivity index is 0.000000970. The van der Waals surface area contributed by atoms with Crippen LogP contribution in [0.4, 0.5) is 9.18 Å². The van der Waals surface area contributed by atoms with Gasteiger partial charge < -0.3 is 20.2 Å². The van der Waals surface area contributed by atoms with Crippen molar-refractivity contribution in [2.75, 3.05) is 33.2 Å². The van der Waals surface area contributed by atoms with E-state index in [2.05, 4.69) is 17.3 Å². The molecule has 8 heteroatoms. The zero-order chi connectivity index (χ0) is 18.8. The molecule has 2 rings (SSSR count). The Morgan fingerprint density at radius 1 is 1.56 bits per heavy atom. The molecule has 1 aliphatic heterocycles. The topological polar surface area (TPSA) is 72.9 Å². The number of likely N-dealkylation sites (tertiary alicyclic amines) is 1. The smallest absolute Gasteiger partial charge is 0.317 e. The Labute approximate surface area is 152 Å². The zero-order valence-corrected chi connectivity index (χ0v) is 15.3. The molecule has 0 aliphatic carbocycles. The third-order valence-electron chi connectivity index (χ3n) is 4.08. The fraction of sp³-hybridized carbons (Fsp3) is 0.529. The van der Waals surface area contributed by atoms with Crippen LogP contribution in [0.15, 0.2) is 18.2 Å². The molecule has 2 amide bonds. The molecule has 2 N–H and O–H groups in total. The first-order valence-electron chi connectivity index (χ1n) is 8.14. The minimum absolute atomic E-state index is 0.0996. The third-order valence-corrected chi connectivity index (χ3v) is 4.43. The molecule has 1 atom stereocenters. The molecule has 1 saturated heterocycles. The van der Waals surface area contributed by atoms with Gasteiger partial charge in [0, 0.05) is 31.2 Å². The molecule has 1 aromatic carbocycles. The van der Waals surface area contributed by atoms with Crippen molar-refractivity contribution >= 4 is 24.1 Å². The van der Waals surface area contributed by atoms with Crippen LogP contribution in [0.25, 0.3) is 0 Å². The summed E-state index contributed by atoms with van der Waals surface area (Å²) >= 11 is 5.97. The number of urea groups is 1. The summed E-state index contributed by atoms with van der Waals surface area (Å²) in [6.07, 6.45) is 1.13. The molecular weight excluding hydrogens is 349 g/mol. The van der Waals surface area contributed by atoms with Crippen LogP contribution in [0.5, 0.6) is 0 Å². The Morgan fingerprint density at radius 3 is 2.76 bits per heavy atom. The van der Waals surface area contributed by atoms with Gasteiger partial charge in [-0.1, -0.05) is 17.7 Å². The van der Waals surface area contributed by atoms with Gasteiger partial charge in [0.1, 0.15) is 5.82 Å². The molecular formula is C17H25ClFN3O3. The summed E-state index contributed by atoms with van der Waals surface area (Å²) in [5, 5.41) is 10.1. The van der Waals surface area contributed by atoms with Crippen molar-refractivity contribution in [3.63, 3.8) is 0 Å². The van der Waals surface area contributed by atoms with E-state index in [9.17, 15) is 9.18 Å². The molecule has 1 aromatic rings. The summed E-state index contributed by atoms with van der Waals surface area (Å²) in [5.41, 5.74) is 0.716. The van der Waals surface area contributed by atoms with Crippen molar-refractivity contribution in [3.8, 4) is 0 Å². The van der Waals surface area contributed by atoms with Crippen LogP contribution in [0.3, 0.4) is 0 Å². The Kier molecular flexibility index (Phi) is 9.23. The standard InChI is InChI=1S/C16H23ClFN3O.CH2O2/c1-3-21(11-12-6-7-20(2)10-12)16(22)19-9-13-4-5-14(18)8-15(13)17;2-1-3/h4-5,8,12H,3,6-7,9-11H2,1-2H3,(H,19,22);1H,(H,2,3). The molecule has 0 bridgehead atoms. The summed E-state index contributed by atoms with van der Waals surface area (Å²) in [6, 6.07) is 4.10. The van der Waals surface area contributed by atoms with E-state index < -0.39 is 0 Å². The number of amides is 2. The fourth-order valence-electron chi connectivity index (χ4n) is 2.79. The first-order valence-corrected chi connectivity index (χ1v) is 8.52. The number of carbonyl (C=O) groups is 2. The number of hydrogen-bond donors (Lipinski definition) is 2. The molecule has 25 heavy (non-hydrogen) atoms. The summed E-state index contributed by atoms with van der Waals surface area (Å²) < 4.78 is 13.0. The van der Waals surface area contributed by atoms with Crippen LogP contribution in [0, 0.1) is 11.7 Å². The lowest BCUT2D eigenvalue weighted by atomic mass is 10.1. The van der Waals surface area contributed by atoms with Crippen LogP contribution in [0.1, 0.15) is 18.9 Å². The van der Waals surface area contributed by atoms with Crippen molar-refractivity contribution < 1.29 is 19.1 Å². The summed E-state index contributed by atoms with van der Waals surface area (Å²) in [6.45, 7) is 5.59. The average molecular weight is 374 g/mol. The third kappa shape index (κ3) is 7.27. The van der Waals surface area contributed by atoms with Gasteiger partial charge in [0.05, 0.1) is 0 Å². The summed E-state index contributed by atoms with van der Waals surface area (Å²) in [5.74, 6) is 0.158. The molecule has 1 fully saturated rings. The first kappa shape index (κ1) is 21.2. The Hall–Kier alpha value is -1.86. The fourth-order valence-corrected chi connectivity index (χ4v) is 3.02. The van der Waals surface area contributed by atoms with E-state index in [1.807, 2.05) is 11.8 Å². The molecule has 0 radical (unpaired) electrons. The number of rotatable bonds is 5. The zero-order valence-electron chi connectivity index (χ0n) is 14.5. The minimum Gasteiger partial charge on any atom is -0.483 e. The highest BCUT2D eigenvalue weighted by Crippen LogP contribution is 2.18. The van der Waals surface area contributed by atoms with Gasteiger partial charge in [-0.3, -0.25) is 4.79 Å². The van der Waals surface area contributed by atoms with Crippen LogP contribution in [-0.2, 0) is 11.3 Å². The lowest BCUT2D eigenvalue weighted by molar-refractivity contribution is -0.122. The van der Waals surface area contributed by atoms with Gasteiger partial charge in [-0.15, -0.1) is 0 Å². The summed E-state index contributed by atoms with van der Waals surface area (Å²) in [7, 11) is 2.10. The van der Waals surface area contributed by atoms with Crippen molar-refractivity contribution in [1.82, 2.24) is 15.1 Å². The molecule has 1 unspecified atom stereocenters. The highest BCUT2D eigenvalue weighted by Gasteiger charge is 2.23. The van der Waals surface area contributed by atoms with E-state index >= 15 is 0 Å². The number of halogens is 2. The maximum absolute atomic E-state index is 13.0. The van der Waals surface area contributed by atoms with Crippen molar-refractivity contribution in [3.05, 3.63) is 34.6 Å². The van der Waals surface area contributed by atoms with Gasteiger partial charge in [-0.25, -0.2) is 9.18 Å². The predicted octanol–water partition coefficient (Wildman–Crippen LogP) is 2.66. The second kappa shape index (κ2) is 10.9. The van der Waals surface area contributed by atoms with Gasteiger partial charge in [0.2, 0.25) is 0 Å². The second-order valence-corrected chi connectivity index (χ2v) is 6.36. The van der Waals surface area contributed by atoms with Crippen LogP contribution in [0.2, 0.25) is 5.02 Å². The average Bonchev–Trinajstić information content (AvgIpc) is 2.97. The van der Waals surface area contributed by atoms with Gasteiger partial charge in [-0.2, -0.15) is 0 Å². The number of carbonyl (C=O) groups excluding carboxylic acids is 1. The molecule has 1 aliphatic rings. The van der Waals surface area contributed by atoms with E-state index in [-0.39, 0.29) is 18.3 Å². The minimum atomic E-state index is -0.374. The normalized spacial score (nSPS) is 16.7. The molecule has 1 heterocycles. The van der Waals surface area contributed by atoms with Gasteiger partial charge in [0.15, 0.2) is 0 Å². The highest BCUT2D eigenvalue weighted by atomic mass is 35.5. The highest BCUT2D eigenvalue weighted by molar-refractivity contribution is 6.31. The Morgan fingerprint density at radius 2 is 2.24 bits per heavy atom. The number of benzene rings is 1. The maximum Gasteiger partial charge on any atom is 0.317 e. The monoisotopic (exact) mass is 373 g/mol. The number of carboxylic acid groups (broad SMARTS) is 1. The second-order valence-electron chi connectivity index (χ2n) is 5.96. The van der Waals surface area contributed by atoms with Crippen LogP contribution in [-0.4, -0.2) is 60.6 Å². The van der Waals surface area contributed by atoms with E-state index in [4.69, 9.17) is 21.5 Å². The van der Waals surface area contributed by atoms with Crippen molar-refractivity contribution in [2.45, 2.75) is 19.9 Å². The van der Waals surface area contributed by atoms with Crippen LogP contribution < -0.4 is 5.32 Å². The molecule has 6 nitrogen and oxygen atoms in total.